The van der Waals surface area contributed by atoms with Gasteiger partial charge in [0.05, 0.1) is 5.69 Å². The second-order valence-corrected chi connectivity index (χ2v) is 9.04. The van der Waals surface area contributed by atoms with E-state index in [2.05, 4.69) is 19.2 Å². The minimum atomic E-state index is -1.21. The van der Waals surface area contributed by atoms with E-state index in [9.17, 15) is 18.8 Å². The highest BCUT2D eigenvalue weighted by atomic mass is 19.1. The van der Waals surface area contributed by atoms with Gasteiger partial charge in [0.1, 0.15) is 17.9 Å². The summed E-state index contributed by atoms with van der Waals surface area (Å²) in [7, 11) is 0. The number of nitrogens with one attached hydrogen (secondary N) is 1. The summed E-state index contributed by atoms with van der Waals surface area (Å²) in [6.07, 6.45) is 0. The fourth-order valence-electron chi connectivity index (χ4n) is 4.38. The molecule has 0 saturated carbocycles. The molecular weight excluding hydrogens is 423 g/mol. The molecule has 8 heteroatoms. The number of piperazine rings is 1. The summed E-state index contributed by atoms with van der Waals surface area (Å²) in [5, 5.41) is 2.75. The Balaban J connectivity index is 1.40. The van der Waals surface area contributed by atoms with Crippen molar-refractivity contribution >= 4 is 23.5 Å². The van der Waals surface area contributed by atoms with Crippen LogP contribution < -0.4 is 10.2 Å². The molecule has 2 heterocycles. The van der Waals surface area contributed by atoms with E-state index in [0.717, 1.165) is 10.5 Å². The molecule has 1 N–H and O–H groups in total. The molecule has 1 unspecified atom stereocenters. The molecule has 0 radical (unpaired) electrons. The number of para-hydroxylation sites is 1. The first-order valence-corrected chi connectivity index (χ1v) is 11.2. The highest BCUT2D eigenvalue weighted by Crippen LogP contribution is 2.30. The predicted octanol–water partition coefficient (Wildman–Crippen LogP) is 3.06. The van der Waals surface area contributed by atoms with E-state index in [4.69, 9.17) is 0 Å². The van der Waals surface area contributed by atoms with Crippen LogP contribution >= 0.6 is 0 Å². The van der Waals surface area contributed by atoms with Crippen molar-refractivity contribution in [2.45, 2.75) is 32.2 Å². The van der Waals surface area contributed by atoms with E-state index in [1.165, 1.54) is 6.07 Å². The second-order valence-electron chi connectivity index (χ2n) is 9.04. The van der Waals surface area contributed by atoms with Crippen molar-refractivity contribution in [1.82, 2.24) is 15.1 Å². The summed E-state index contributed by atoms with van der Waals surface area (Å²) in [5.74, 6) is -0.680. The number of carbonyl (C=O) groups excluding carboxylic acids is 3. The third-order valence-electron chi connectivity index (χ3n) is 6.55. The van der Waals surface area contributed by atoms with Crippen LogP contribution in [0.2, 0.25) is 0 Å². The summed E-state index contributed by atoms with van der Waals surface area (Å²) >= 11 is 0. The zero-order chi connectivity index (χ0) is 23.8. The highest BCUT2D eigenvalue weighted by Gasteiger charge is 2.49. The first kappa shape index (κ1) is 22.8. The fraction of sp³-hybridized carbons (Fsp3) is 0.400. The lowest BCUT2D eigenvalue weighted by atomic mass is 9.90. The molecule has 2 saturated heterocycles. The summed E-state index contributed by atoms with van der Waals surface area (Å²) in [4.78, 5) is 43.2. The van der Waals surface area contributed by atoms with Crippen molar-refractivity contribution in [3.8, 4) is 0 Å². The van der Waals surface area contributed by atoms with Crippen LogP contribution in [0.3, 0.4) is 0 Å². The van der Waals surface area contributed by atoms with Crippen molar-refractivity contribution in [2.24, 2.45) is 0 Å². The molecule has 2 aliphatic rings. The Bertz CT molecular complexity index is 1060. The Morgan fingerprint density at radius 1 is 1.03 bits per heavy atom. The quantitative estimate of drug-likeness (QED) is 0.708. The molecule has 2 aliphatic heterocycles. The largest absolute Gasteiger partial charge is 0.366 e. The fourth-order valence-corrected chi connectivity index (χ4v) is 4.38. The van der Waals surface area contributed by atoms with E-state index < -0.39 is 17.5 Å². The third kappa shape index (κ3) is 4.29. The van der Waals surface area contributed by atoms with E-state index in [1.54, 1.807) is 30.0 Å². The Morgan fingerprint density at radius 3 is 2.27 bits per heavy atom. The minimum Gasteiger partial charge on any atom is -0.366 e. The lowest BCUT2D eigenvalue weighted by molar-refractivity contribution is -0.139. The maximum atomic E-state index is 14.0. The van der Waals surface area contributed by atoms with Crippen LogP contribution in [0.4, 0.5) is 14.9 Å². The van der Waals surface area contributed by atoms with Gasteiger partial charge in [-0.05, 0) is 36.1 Å². The van der Waals surface area contributed by atoms with Crippen molar-refractivity contribution in [1.29, 1.82) is 0 Å². The highest BCUT2D eigenvalue weighted by molar-refractivity contribution is 6.09. The molecule has 4 rings (SSSR count). The maximum absolute atomic E-state index is 14.0. The number of nitrogens with zero attached hydrogens (tertiary/aromatic N) is 3. The minimum absolute atomic E-state index is 0.294. The Morgan fingerprint density at radius 2 is 1.67 bits per heavy atom. The molecule has 0 spiro atoms. The lowest BCUT2D eigenvalue weighted by Gasteiger charge is -2.36. The van der Waals surface area contributed by atoms with Crippen LogP contribution in [-0.2, 0) is 15.1 Å². The molecule has 7 nitrogen and oxygen atoms in total. The van der Waals surface area contributed by atoms with Gasteiger partial charge in [-0.2, -0.15) is 0 Å². The zero-order valence-electron chi connectivity index (χ0n) is 19.2. The molecule has 174 valence electrons. The third-order valence-corrected chi connectivity index (χ3v) is 6.55. The van der Waals surface area contributed by atoms with E-state index in [-0.39, 0.29) is 18.3 Å². The van der Waals surface area contributed by atoms with Gasteiger partial charge in [-0.3, -0.25) is 14.5 Å². The van der Waals surface area contributed by atoms with Gasteiger partial charge in [0, 0.05) is 26.2 Å². The van der Waals surface area contributed by atoms with Crippen LogP contribution in [0.15, 0.2) is 48.5 Å². The second kappa shape index (κ2) is 8.84. The Labute approximate surface area is 193 Å². The number of carbonyl (C=O) groups is 3. The van der Waals surface area contributed by atoms with Gasteiger partial charge in [0.25, 0.3) is 5.91 Å². The molecule has 2 aromatic rings. The monoisotopic (exact) mass is 452 g/mol. The van der Waals surface area contributed by atoms with Gasteiger partial charge in [0.2, 0.25) is 5.91 Å². The topological polar surface area (TPSA) is 73.0 Å². The maximum Gasteiger partial charge on any atom is 0.325 e. The SMILES string of the molecule is CC(C)c1ccc(C2(C)NC(=O)N(CC(=O)N3CCN(c4ccccc4F)CC3)C2=O)cc1. The van der Waals surface area contributed by atoms with E-state index in [0.29, 0.717) is 43.3 Å². The van der Waals surface area contributed by atoms with Crippen LogP contribution in [-0.4, -0.2) is 60.4 Å². The lowest BCUT2D eigenvalue weighted by Crippen LogP contribution is -2.52. The number of rotatable bonds is 5. The smallest absolute Gasteiger partial charge is 0.325 e. The van der Waals surface area contributed by atoms with Gasteiger partial charge < -0.3 is 15.1 Å². The zero-order valence-corrected chi connectivity index (χ0v) is 19.2. The average Bonchev–Trinajstić information content (AvgIpc) is 3.03. The van der Waals surface area contributed by atoms with Gasteiger partial charge in [-0.25, -0.2) is 9.18 Å². The van der Waals surface area contributed by atoms with Crippen molar-refractivity contribution in [3.63, 3.8) is 0 Å². The number of halogens is 1. The molecule has 2 fully saturated rings. The number of amides is 4. The summed E-state index contributed by atoms with van der Waals surface area (Å²) < 4.78 is 14.0. The number of benzene rings is 2. The standard InChI is InChI=1S/C25H29FN4O3/c1-17(2)18-8-10-19(11-9-18)25(3)23(32)30(24(33)27-25)16-22(31)29-14-12-28(13-15-29)21-7-5-4-6-20(21)26/h4-11,17H,12-16H2,1-3H3,(H,27,33). The summed E-state index contributed by atoms with van der Waals surface area (Å²) in [6, 6.07) is 13.6. The summed E-state index contributed by atoms with van der Waals surface area (Å²) in [6.45, 7) is 7.26. The Kier molecular flexibility index (Phi) is 6.10. The first-order valence-electron chi connectivity index (χ1n) is 11.2. The molecule has 1 atom stereocenters. The van der Waals surface area contributed by atoms with Crippen molar-refractivity contribution in [2.75, 3.05) is 37.6 Å². The van der Waals surface area contributed by atoms with Crippen molar-refractivity contribution < 1.29 is 18.8 Å². The first-order chi connectivity index (χ1) is 15.7. The van der Waals surface area contributed by atoms with Crippen LogP contribution in [0.1, 0.15) is 37.8 Å². The number of hydrogen-bond donors (Lipinski definition) is 1. The number of hydrogen-bond acceptors (Lipinski definition) is 4. The number of urea groups is 1. The molecule has 0 aromatic heterocycles. The molecule has 0 aliphatic carbocycles. The van der Waals surface area contributed by atoms with Gasteiger partial charge in [0.15, 0.2) is 0 Å². The predicted molar refractivity (Wildman–Crippen MR) is 123 cm³/mol. The molecule has 2 aromatic carbocycles. The van der Waals surface area contributed by atoms with Gasteiger partial charge >= 0.3 is 6.03 Å². The van der Waals surface area contributed by atoms with Crippen LogP contribution in [0, 0.1) is 5.82 Å². The molecule has 4 amide bonds. The molecular formula is C25H29FN4O3. The van der Waals surface area contributed by atoms with Crippen LogP contribution in [0.25, 0.3) is 0 Å². The van der Waals surface area contributed by atoms with Crippen LogP contribution in [0.5, 0.6) is 0 Å². The average molecular weight is 453 g/mol. The van der Waals surface area contributed by atoms with E-state index in [1.807, 2.05) is 29.2 Å². The van der Waals surface area contributed by atoms with Crippen molar-refractivity contribution in [3.05, 3.63) is 65.5 Å². The van der Waals surface area contributed by atoms with Gasteiger partial charge in [-0.1, -0.05) is 50.2 Å². The van der Waals surface area contributed by atoms with E-state index >= 15 is 0 Å². The van der Waals surface area contributed by atoms with Gasteiger partial charge in [-0.15, -0.1) is 0 Å². The molecule has 0 bridgehead atoms. The normalized spacial score (nSPS) is 21.1. The summed E-state index contributed by atoms with van der Waals surface area (Å²) in [5.41, 5.74) is 1.12. The Hall–Kier alpha value is -3.42. The molecule has 33 heavy (non-hydrogen) atoms. The number of anilines is 1. The number of imide groups is 1.